The van der Waals surface area contributed by atoms with Gasteiger partial charge in [0.25, 0.3) is 5.91 Å². The third-order valence-corrected chi connectivity index (χ3v) is 4.57. The van der Waals surface area contributed by atoms with Crippen LogP contribution in [0, 0.1) is 0 Å². The van der Waals surface area contributed by atoms with Crippen LogP contribution in [-0.4, -0.2) is 52.1 Å². The second kappa shape index (κ2) is 6.34. The summed E-state index contributed by atoms with van der Waals surface area (Å²) in [5.41, 5.74) is 0.380. The average molecular weight is 298 g/mol. The van der Waals surface area contributed by atoms with Gasteiger partial charge in [0, 0.05) is 25.2 Å². The van der Waals surface area contributed by atoms with Crippen LogP contribution in [-0.2, 0) is 14.8 Å². The molecule has 1 saturated heterocycles. The van der Waals surface area contributed by atoms with Gasteiger partial charge in [0.05, 0.1) is 18.1 Å². The van der Waals surface area contributed by atoms with E-state index in [1.807, 2.05) is 0 Å². The standard InChI is InChI=1S/C13H18N2O4S/c1-2-14-20(17,18)12-5-3-4-11(10-12)13(16)15-6-8-19-9-7-15/h3-5,10,14H,2,6-9H2,1H3. The van der Waals surface area contributed by atoms with Crippen LogP contribution in [0.5, 0.6) is 0 Å². The molecular weight excluding hydrogens is 280 g/mol. The minimum Gasteiger partial charge on any atom is -0.378 e. The minimum atomic E-state index is -3.54. The van der Waals surface area contributed by atoms with Crippen molar-refractivity contribution >= 4 is 15.9 Å². The monoisotopic (exact) mass is 298 g/mol. The highest BCUT2D eigenvalue weighted by Gasteiger charge is 2.20. The zero-order valence-corrected chi connectivity index (χ0v) is 12.1. The lowest BCUT2D eigenvalue weighted by Crippen LogP contribution is -2.40. The molecule has 1 aromatic rings. The first kappa shape index (κ1) is 15.0. The van der Waals surface area contributed by atoms with Gasteiger partial charge in [-0.15, -0.1) is 0 Å². The third kappa shape index (κ3) is 3.36. The lowest BCUT2D eigenvalue weighted by atomic mass is 10.2. The second-order valence-corrected chi connectivity index (χ2v) is 6.20. The number of carbonyl (C=O) groups excluding carboxylic acids is 1. The summed E-state index contributed by atoms with van der Waals surface area (Å²) < 4.78 is 31.5. The number of morpholine rings is 1. The van der Waals surface area contributed by atoms with E-state index < -0.39 is 10.0 Å². The number of rotatable bonds is 4. The highest BCUT2D eigenvalue weighted by molar-refractivity contribution is 7.89. The molecule has 110 valence electrons. The van der Waals surface area contributed by atoms with E-state index in [1.165, 1.54) is 12.1 Å². The summed E-state index contributed by atoms with van der Waals surface area (Å²) in [7, 11) is -3.54. The summed E-state index contributed by atoms with van der Waals surface area (Å²) in [5.74, 6) is -0.165. The lowest BCUT2D eigenvalue weighted by molar-refractivity contribution is 0.0302. The van der Waals surface area contributed by atoms with Gasteiger partial charge >= 0.3 is 0 Å². The first-order valence-electron chi connectivity index (χ1n) is 6.51. The molecule has 1 aliphatic rings. The molecule has 0 aliphatic carbocycles. The van der Waals surface area contributed by atoms with E-state index in [0.29, 0.717) is 38.4 Å². The summed E-state index contributed by atoms with van der Waals surface area (Å²) in [4.78, 5) is 14.1. The van der Waals surface area contributed by atoms with Crippen LogP contribution in [0.1, 0.15) is 17.3 Å². The highest BCUT2D eigenvalue weighted by Crippen LogP contribution is 2.14. The van der Waals surface area contributed by atoms with Crippen molar-refractivity contribution < 1.29 is 17.9 Å². The van der Waals surface area contributed by atoms with Gasteiger partial charge in [0.2, 0.25) is 10.0 Å². The Labute approximate surface area is 118 Å². The molecule has 6 nitrogen and oxygen atoms in total. The average Bonchev–Trinajstić information content (AvgIpc) is 2.47. The Balaban J connectivity index is 2.23. The molecule has 1 heterocycles. The van der Waals surface area contributed by atoms with Crippen LogP contribution in [0.2, 0.25) is 0 Å². The molecule has 0 saturated carbocycles. The zero-order chi connectivity index (χ0) is 14.6. The Morgan fingerprint density at radius 1 is 1.35 bits per heavy atom. The van der Waals surface area contributed by atoms with Crippen molar-refractivity contribution in [2.75, 3.05) is 32.8 Å². The van der Waals surface area contributed by atoms with Gasteiger partial charge in [-0.25, -0.2) is 13.1 Å². The maximum atomic E-state index is 12.3. The van der Waals surface area contributed by atoms with Crippen molar-refractivity contribution in [3.05, 3.63) is 29.8 Å². The minimum absolute atomic E-state index is 0.110. The fraction of sp³-hybridized carbons (Fsp3) is 0.462. The number of sulfonamides is 1. The fourth-order valence-corrected chi connectivity index (χ4v) is 3.11. The number of ether oxygens (including phenoxy) is 1. The van der Waals surface area contributed by atoms with E-state index in [0.717, 1.165) is 0 Å². The first-order chi connectivity index (χ1) is 9.54. The number of nitrogens with zero attached hydrogens (tertiary/aromatic N) is 1. The van der Waals surface area contributed by atoms with E-state index in [-0.39, 0.29) is 10.8 Å². The maximum Gasteiger partial charge on any atom is 0.254 e. The van der Waals surface area contributed by atoms with Gasteiger partial charge in [-0.1, -0.05) is 13.0 Å². The summed E-state index contributed by atoms with van der Waals surface area (Å²) in [5, 5.41) is 0. The molecule has 0 spiro atoms. The van der Waals surface area contributed by atoms with Crippen molar-refractivity contribution in [2.24, 2.45) is 0 Å². The SMILES string of the molecule is CCNS(=O)(=O)c1cccc(C(=O)N2CCOCC2)c1. The molecule has 0 atom stereocenters. The van der Waals surface area contributed by atoms with Crippen LogP contribution >= 0.6 is 0 Å². The van der Waals surface area contributed by atoms with Crippen molar-refractivity contribution in [3.63, 3.8) is 0 Å². The number of benzene rings is 1. The Kier molecular flexibility index (Phi) is 4.74. The summed E-state index contributed by atoms with van der Waals surface area (Å²) in [6, 6.07) is 6.10. The van der Waals surface area contributed by atoms with E-state index in [4.69, 9.17) is 4.74 Å². The van der Waals surface area contributed by atoms with Gasteiger partial charge in [0.1, 0.15) is 0 Å². The molecule has 7 heteroatoms. The van der Waals surface area contributed by atoms with E-state index >= 15 is 0 Å². The smallest absolute Gasteiger partial charge is 0.254 e. The largest absolute Gasteiger partial charge is 0.378 e. The number of carbonyl (C=O) groups is 1. The summed E-state index contributed by atoms with van der Waals surface area (Å²) in [6.07, 6.45) is 0. The van der Waals surface area contributed by atoms with Gasteiger partial charge in [-0.3, -0.25) is 4.79 Å². The molecule has 0 radical (unpaired) electrons. The van der Waals surface area contributed by atoms with E-state index in [9.17, 15) is 13.2 Å². The molecule has 20 heavy (non-hydrogen) atoms. The molecule has 0 unspecified atom stereocenters. The van der Waals surface area contributed by atoms with Crippen molar-refractivity contribution in [1.82, 2.24) is 9.62 Å². The van der Waals surface area contributed by atoms with Gasteiger partial charge in [-0.2, -0.15) is 0 Å². The molecule has 1 fully saturated rings. The lowest BCUT2D eigenvalue weighted by Gasteiger charge is -2.27. The van der Waals surface area contributed by atoms with E-state index in [1.54, 1.807) is 24.0 Å². The van der Waals surface area contributed by atoms with Crippen LogP contribution < -0.4 is 4.72 Å². The topological polar surface area (TPSA) is 75.7 Å². The Morgan fingerprint density at radius 2 is 2.05 bits per heavy atom. The van der Waals surface area contributed by atoms with Gasteiger partial charge < -0.3 is 9.64 Å². The van der Waals surface area contributed by atoms with Gasteiger partial charge in [-0.05, 0) is 18.2 Å². The number of amides is 1. The molecule has 1 amide bonds. The van der Waals surface area contributed by atoms with Crippen LogP contribution in [0.3, 0.4) is 0 Å². The molecule has 1 N–H and O–H groups in total. The molecular formula is C13H18N2O4S. The first-order valence-corrected chi connectivity index (χ1v) is 7.99. The predicted molar refractivity (Wildman–Crippen MR) is 74.0 cm³/mol. The molecule has 1 aromatic carbocycles. The number of nitrogens with one attached hydrogen (secondary N) is 1. The van der Waals surface area contributed by atoms with Crippen LogP contribution in [0.25, 0.3) is 0 Å². The Morgan fingerprint density at radius 3 is 2.70 bits per heavy atom. The van der Waals surface area contributed by atoms with Crippen molar-refractivity contribution in [2.45, 2.75) is 11.8 Å². The predicted octanol–water partition coefficient (Wildman–Crippen LogP) is 0.457. The Hall–Kier alpha value is -1.44. The summed E-state index contributed by atoms with van der Waals surface area (Å²) >= 11 is 0. The molecule has 0 bridgehead atoms. The third-order valence-electron chi connectivity index (χ3n) is 3.02. The highest BCUT2D eigenvalue weighted by atomic mass is 32.2. The number of hydrogen-bond donors (Lipinski definition) is 1. The molecule has 1 aliphatic heterocycles. The van der Waals surface area contributed by atoms with Crippen LogP contribution in [0.15, 0.2) is 29.2 Å². The maximum absolute atomic E-state index is 12.3. The van der Waals surface area contributed by atoms with Crippen molar-refractivity contribution in [3.8, 4) is 0 Å². The number of hydrogen-bond acceptors (Lipinski definition) is 4. The fourth-order valence-electron chi connectivity index (χ4n) is 2.02. The quantitative estimate of drug-likeness (QED) is 0.876. The molecule has 2 rings (SSSR count). The molecule has 0 aromatic heterocycles. The Bertz CT molecular complexity index is 580. The van der Waals surface area contributed by atoms with Crippen LogP contribution in [0.4, 0.5) is 0 Å². The summed E-state index contributed by atoms with van der Waals surface area (Å²) in [6.45, 7) is 4.11. The second-order valence-electron chi connectivity index (χ2n) is 4.43. The van der Waals surface area contributed by atoms with Gasteiger partial charge in [0.15, 0.2) is 0 Å². The normalized spacial score (nSPS) is 16.1. The van der Waals surface area contributed by atoms with Crippen molar-refractivity contribution in [1.29, 1.82) is 0 Å². The van der Waals surface area contributed by atoms with E-state index in [2.05, 4.69) is 4.72 Å². The zero-order valence-electron chi connectivity index (χ0n) is 11.3.